The van der Waals surface area contributed by atoms with Crippen molar-refractivity contribution in [1.29, 1.82) is 0 Å². The molecule has 0 saturated heterocycles. The molecule has 0 bridgehead atoms. The van der Waals surface area contributed by atoms with E-state index in [9.17, 15) is 9.50 Å². The Bertz CT molecular complexity index is 558. The SMILES string of the molecule is Oc1ccc(-c2ccc3c(c2F)CCC3)cc1. The maximum atomic E-state index is 14.3. The molecule has 0 saturated carbocycles. The van der Waals surface area contributed by atoms with E-state index in [-0.39, 0.29) is 11.6 Å². The van der Waals surface area contributed by atoms with Crippen molar-refractivity contribution in [3.05, 3.63) is 53.3 Å². The zero-order chi connectivity index (χ0) is 11.8. The average molecular weight is 228 g/mol. The van der Waals surface area contributed by atoms with Gasteiger partial charge in [-0.3, -0.25) is 0 Å². The summed E-state index contributed by atoms with van der Waals surface area (Å²) in [5.41, 5.74) is 3.46. The van der Waals surface area contributed by atoms with Crippen LogP contribution in [0.1, 0.15) is 17.5 Å². The highest BCUT2D eigenvalue weighted by Gasteiger charge is 2.18. The number of fused-ring (bicyclic) bond motifs is 1. The Kier molecular flexibility index (Phi) is 2.36. The van der Waals surface area contributed by atoms with Crippen LogP contribution in [0.3, 0.4) is 0 Å². The number of aromatic hydroxyl groups is 1. The van der Waals surface area contributed by atoms with E-state index in [0.717, 1.165) is 36.0 Å². The number of benzene rings is 2. The van der Waals surface area contributed by atoms with Gasteiger partial charge in [-0.25, -0.2) is 4.39 Å². The molecule has 1 aliphatic rings. The van der Waals surface area contributed by atoms with Gasteiger partial charge in [0.05, 0.1) is 0 Å². The standard InChI is InChI=1S/C15H13FO/c16-15-13-3-1-2-10(13)6-9-14(15)11-4-7-12(17)8-5-11/h4-9,17H,1-3H2. The van der Waals surface area contributed by atoms with Gasteiger partial charge in [0.1, 0.15) is 11.6 Å². The predicted molar refractivity (Wildman–Crippen MR) is 65.5 cm³/mol. The zero-order valence-electron chi connectivity index (χ0n) is 9.41. The van der Waals surface area contributed by atoms with Crippen LogP contribution in [0.25, 0.3) is 11.1 Å². The number of hydrogen-bond acceptors (Lipinski definition) is 1. The van der Waals surface area contributed by atoms with Gasteiger partial charge in [-0.1, -0.05) is 24.3 Å². The fourth-order valence-corrected chi connectivity index (χ4v) is 2.49. The second kappa shape index (κ2) is 3.88. The molecule has 2 aromatic rings. The molecule has 0 unspecified atom stereocenters. The summed E-state index contributed by atoms with van der Waals surface area (Å²) in [4.78, 5) is 0. The summed E-state index contributed by atoms with van der Waals surface area (Å²) in [7, 11) is 0. The van der Waals surface area contributed by atoms with Crippen LogP contribution in [-0.2, 0) is 12.8 Å². The molecular formula is C15H13FO. The minimum atomic E-state index is -0.0920. The van der Waals surface area contributed by atoms with Crippen molar-refractivity contribution in [3.63, 3.8) is 0 Å². The smallest absolute Gasteiger partial charge is 0.134 e. The van der Waals surface area contributed by atoms with E-state index in [2.05, 4.69) is 0 Å². The van der Waals surface area contributed by atoms with E-state index in [0.29, 0.717) is 5.56 Å². The molecule has 0 aromatic heterocycles. The first-order valence-electron chi connectivity index (χ1n) is 5.85. The molecule has 0 spiro atoms. The van der Waals surface area contributed by atoms with Crippen LogP contribution >= 0.6 is 0 Å². The second-order valence-corrected chi connectivity index (χ2v) is 4.47. The fraction of sp³-hybridized carbons (Fsp3) is 0.200. The first kappa shape index (κ1) is 10.3. The lowest BCUT2D eigenvalue weighted by molar-refractivity contribution is 0.475. The van der Waals surface area contributed by atoms with E-state index in [1.165, 1.54) is 0 Å². The predicted octanol–water partition coefficient (Wildman–Crippen LogP) is 3.69. The van der Waals surface area contributed by atoms with Gasteiger partial charge in [0.2, 0.25) is 0 Å². The Morgan fingerprint density at radius 2 is 1.71 bits per heavy atom. The maximum absolute atomic E-state index is 14.3. The molecule has 0 atom stereocenters. The van der Waals surface area contributed by atoms with Gasteiger partial charge in [-0.15, -0.1) is 0 Å². The lowest BCUT2D eigenvalue weighted by Crippen LogP contribution is -1.92. The Labute approximate surface area is 99.5 Å². The van der Waals surface area contributed by atoms with Crippen molar-refractivity contribution in [2.24, 2.45) is 0 Å². The number of hydrogen-bond donors (Lipinski definition) is 1. The Hall–Kier alpha value is -1.83. The van der Waals surface area contributed by atoms with Crippen molar-refractivity contribution in [2.45, 2.75) is 19.3 Å². The van der Waals surface area contributed by atoms with Gasteiger partial charge in [0, 0.05) is 5.56 Å². The van der Waals surface area contributed by atoms with Crippen LogP contribution < -0.4 is 0 Å². The maximum Gasteiger partial charge on any atom is 0.134 e. The average Bonchev–Trinajstić information content (AvgIpc) is 2.80. The largest absolute Gasteiger partial charge is 0.508 e. The van der Waals surface area contributed by atoms with Crippen LogP contribution in [0.5, 0.6) is 5.75 Å². The highest BCUT2D eigenvalue weighted by Crippen LogP contribution is 2.32. The highest BCUT2D eigenvalue weighted by molar-refractivity contribution is 5.67. The highest BCUT2D eigenvalue weighted by atomic mass is 19.1. The summed E-state index contributed by atoms with van der Waals surface area (Å²) >= 11 is 0. The van der Waals surface area contributed by atoms with Gasteiger partial charge in [0.25, 0.3) is 0 Å². The number of aryl methyl sites for hydroxylation is 1. The number of rotatable bonds is 1. The van der Waals surface area contributed by atoms with Crippen molar-refractivity contribution in [3.8, 4) is 16.9 Å². The first-order valence-corrected chi connectivity index (χ1v) is 5.85. The summed E-state index contributed by atoms with van der Waals surface area (Å²) in [6, 6.07) is 10.5. The molecule has 2 heteroatoms. The van der Waals surface area contributed by atoms with Crippen molar-refractivity contribution >= 4 is 0 Å². The van der Waals surface area contributed by atoms with Crippen molar-refractivity contribution < 1.29 is 9.50 Å². The molecule has 0 aliphatic heterocycles. The molecule has 1 N–H and O–H groups in total. The summed E-state index contributed by atoms with van der Waals surface area (Å²) in [5, 5.41) is 9.23. The minimum Gasteiger partial charge on any atom is -0.508 e. The quantitative estimate of drug-likeness (QED) is 0.789. The molecule has 0 radical (unpaired) electrons. The minimum absolute atomic E-state index is 0.0920. The molecule has 2 aromatic carbocycles. The lowest BCUT2D eigenvalue weighted by atomic mass is 9.99. The van der Waals surface area contributed by atoms with E-state index >= 15 is 0 Å². The van der Waals surface area contributed by atoms with Crippen LogP contribution in [0.2, 0.25) is 0 Å². The molecule has 86 valence electrons. The Morgan fingerprint density at radius 1 is 0.941 bits per heavy atom. The monoisotopic (exact) mass is 228 g/mol. The number of halogens is 1. The van der Waals surface area contributed by atoms with E-state index in [4.69, 9.17) is 0 Å². The molecule has 0 fully saturated rings. The van der Waals surface area contributed by atoms with Gasteiger partial charge in [0.15, 0.2) is 0 Å². The molecule has 17 heavy (non-hydrogen) atoms. The number of phenols is 1. The van der Waals surface area contributed by atoms with Gasteiger partial charge in [-0.05, 0) is 48.1 Å². The zero-order valence-corrected chi connectivity index (χ0v) is 9.41. The van der Waals surface area contributed by atoms with Gasteiger partial charge < -0.3 is 5.11 Å². The topological polar surface area (TPSA) is 20.2 Å². The van der Waals surface area contributed by atoms with Crippen LogP contribution in [0.15, 0.2) is 36.4 Å². The van der Waals surface area contributed by atoms with Crippen LogP contribution in [0, 0.1) is 5.82 Å². The molecule has 1 aliphatic carbocycles. The van der Waals surface area contributed by atoms with Gasteiger partial charge >= 0.3 is 0 Å². The van der Waals surface area contributed by atoms with Crippen LogP contribution in [0.4, 0.5) is 4.39 Å². The van der Waals surface area contributed by atoms with Crippen molar-refractivity contribution in [1.82, 2.24) is 0 Å². The third kappa shape index (κ3) is 1.70. The Morgan fingerprint density at radius 3 is 2.47 bits per heavy atom. The summed E-state index contributed by atoms with van der Waals surface area (Å²) in [5.74, 6) is 0.112. The number of phenolic OH excluding ortho intramolecular Hbond substituents is 1. The molecule has 0 heterocycles. The van der Waals surface area contributed by atoms with Crippen molar-refractivity contribution in [2.75, 3.05) is 0 Å². The third-order valence-corrected chi connectivity index (χ3v) is 3.39. The summed E-state index contributed by atoms with van der Waals surface area (Å²) < 4.78 is 14.3. The molecule has 1 nitrogen and oxygen atoms in total. The van der Waals surface area contributed by atoms with E-state index in [1.807, 2.05) is 12.1 Å². The molecular weight excluding hydrogens is 215 g/mol. The molecule has 0 amide bonds. The first-order chi connectivity index (χ1) is 8.25. The third-order valence-electron chi connectivity index (χ3n) is 3.39. The summed E-state index contributed by atoms with van der Waals surface area (Å²) in [6.07, 6.45) is 2.88. The summed E-state index contributed by atoms with van der Waals surface area (Å²) in [6.45, 7) is 0. The fourth-order valence-electron chi connectivity index (χ4n) is 2.49. The van der Waals surface area contributed by atoms with E-state index < -0.39 is 0 Å². The second-order valence-electron chi connectivity index (χ2n) is 4.47. The molecule has 3 rings (SSSR count). The normalized spacial score (nSPS) is 13.7. The van der Waals surface area contributed by atoms with Crippen LogP contribution in [-0.4, -0.2) is 5.11 Å². The Balaban J connectivity index is 2.12. The van der Waals surface area contributed by atoms with E-state index in [1.54, 1.807) is 24.3 Å². The lowest BCUT2D eigenvalue weighted by Gasteiger charge is -2.08. The van der Waals surface area contributed by atoms with Gasteiger partial charge in [-0.2, -0.15) is 0 Å².